The predicted octanol–water partition coefficient (Wildman–Crippen LogP) is 7.60. The van der Waals surface area contributed by atoms with Crippen LogP contribution in [0, 0.1) is 0 Å². The van der Waals surface area contributed by atoms with Gasteiger partial charge < -0.3 is 15.0 Å². The van der Waals surface area contributed by atoms with Crippen LogP contribution in [0.1, 0.15) is 12.8 Å². The number of hydrogen-bond donors (Lipinski definition) is 1. The first-order valence-electron chi connectivity index (χ1n) is 10.8. The van der Waals surface area contributed by atoms with Crippen LogP contribution in [0.5, 0.6) is 5.75 Å². The van der Waals surface area contributed by atoms with Crippen molar-refractivity contribution in [3.63, 3.8) is 0 Å². The highest BCUT2D eigenvalue weighted by atomic mass is 127. The largest absolute Gasteiger partial charge is 0.493 e. The van der Waals surface area contributed by atoms with Gasteiger partial charge in [0.15, 0.2) is 0 Å². The van der Waals surface area contributed by atoms with Crippen molar-refractivity contribution in [1.82, 2.24) is 4.98 Å². The lowest BCUT2D eigenvalue weighted by molar-refractivity contribution is 0.320. The maximum absolute atomic E-state index is 6.11. The molecule has 1 heterocycles. The molecule has 0 aliphatic rings. The Kier molecular flexibility index (Phi) is 8.29. The van der Waals surface area contributed by atoms with Gasteiger partial charge in [0.2, 0.25) is 0 Å². The number of nitrogens with one attached hydrogen (secondary N) is 1. The fraction of sp³-hybridized carbons (Fsp3) is 0.269. The highest BCUT2D eigenvalue weighted by Gasteiger charge is 2.12. The summed E-state index contributed by atoms with van der Waals surface area (Å²) in [4.78, 5) is 7.16. The van der Waals surface area contributed by atoms with E-state index in [9.17, 15) is 0 Å². The summed E-state index contributed by atoms with van der Waals surface area (Å²) in [5, 5.41) is 5.95. The molecular weight excluding hydrogens is 624 g/mol. The van der Waals surface area contributed by atoms with Gasteiger partial charge in [-0.3, -0.25) is 0 Å². The molecule has 4 aromatic rings. The summed E-state index contributed by atoms with van der Waals surface area (Å²) < 4.78 is 8.35. The molecule has 0 saturated carbocycles. The summed E-state index contributed by atoms with van der Waals surface area (Å²) in [6, 6.07) is 23.1. The van der Waals surface area contributed by atoms with Crippen molar-refractivity contribution in [1.29, 1.82) is 0 Å². The van der Waals surface area contributed by atoms with E-state index in [0.717, 1.165) is 79.5 Å². The Hall–Kier alpha value is -1.81. The third-order valence-electron chi connectivity index (χ3n) is 5.36. The number of alkyl halides is 2. The Labute approximate surface area is 217 Å². The molecular formula is C26H27I2N3O. The number of hydrogen-bond acceptors (Lipinski definition) is 4. The summed E-state index contributed by atoms with van der Waals surface area (Å²) in [5.41, 5.74) is 5.24. The van der Waals surface area contributed by atoms with Gasteiger partial charge in [-0.1, -0.05) is 81.6 Å². The van der Waals surface area contributed by atoms with E-state index in [2.05, 4.69) is 117 Å². The maximum Gasteiger partial charge on any atom is 0.123 e. The summed E-state index contributed by atoms with van der Waals surface area (Å²) in [6.07, 6.45) is 2.19. The van der Waals surface area contributed by atoms with Crippen LogP contribution in [0.15, 0.2) is 66.7 Å². The Morgan fingerprint density at radius 2 is 1.53 bits per heavy atom. The minimum Gasteiger partial charge on any atom is -0.493 e. The molecule has 0 amide bonds. The number of rotatable bonds is 10. The quantitative estimate of drug-likeness (QED) is 0.0830. The summed E-state index contributed by atoms with van der Waals surface area (Å²) in [5.74, 6) is 0.902. The molecule has 1 N–H and O–H groups in total. The lowest BCUT2D eigenvalue weighted by atomic mass is 10.1. The van der Waals surface area contributed by atoms with Crippen molar-refractivity contribution in [2.45, 2.75) is 12.8 Å². The van der Waals surface area contributed by atoms with Crippen LogP contribution in [0.4, 0.5) is 17.1 Å². The fourth-order valence-corrected chi connectivity index (χ4v) is 4.40. The van der Waals surface area contributed by atoms with Gasteiger partial charge in [-0.05, 0) is 31.0 Å². The predicted molar refractivity (Wildman–Crippen MR) is 155 cm³/mol. The molecule has 4 rings (SSSR count). The third-order valence-corrected chi connectivity index (χ3v) is 6.89. The Bertz CT molecular complexity index is 1140. The molecule has 6 heteroatoms. The standard InChI is InChI=1S/C26H27I2N3O/c1-31(14-6-12-27)20-16-19(17-21(18-20)32-15-7-13-28)29-26-22-8-2-4-10-24(22)30-25-11-5-3-9-23(25)26/h2-5,8-11,16-18H,6-7,12-15H2,1H3,(H,29,30). The fourth-order valence-electron chi connectivity index (χ4n) is 3.75. The number of nitrogens with zero attached hydrogens (tertiary/aromatic N) is 2. The van der Waals surface area contributed by atoms with E-state index in [0.29, 0.717) is 0 Å². The minimum atomic E-state index is 0.727. The van der Waals surface area contributed by atoms with Gasteiger partial charge in [0.05, 0.1) is 23.3 Å². The molecule has 0 unspecified atom stereocenters. The Morgan fingerprint density at radius 3 is 2.19 bits per heavy atom. The number of benzene rings is 3. The number of halogens is 2. The number of fused-ring (bicyclic) bond motifs is 2. The molecule has 0 bridgehead atoms. The normalized spacial score (nSPS) is 11.1. The van der Waals surface area contributed by atoms with Crippen LogP contribution in [0.25, 0.3) is 21.8 Å². The van der Waals surface area contributed by atoms with Gasteiger partial charge in [-0.25, -0.2) is 4.98 Å². The van der Waals surface area contributed by atoms with Crippen molar-refractivity contribution in [3.8, 4) is 5.75 Å². The Morgan fingerprint density at radius 1 is 0.875 bits per heavy atom. The zero-order chi connectivity index (χ0) is 22.3. The second kappa shape index (κ2) is 11.4. The number of para-hydroxylation sites is 2. The zero-order valence-corrected chi connectivity index (χ0v) is 22.5. The number of anilines is 3. The zero-order valence-electron chi connectivity index (χ0n) is 18.2. The molecule has 32 heavy (non-hydrogen) atoms. The van der Waals surface area contributed by atoms with E-state index in [1.54, 1.807) is 0 Å². The number of ether oxygens (including phenoxy) is 1. The second-order valence-electron chi connectivity index (χ2n) is 7.72. The van der Waals surface area contributed by atoms with E-state index in [4.69, 9.17) is 9.72 Å². The lowest BCUT2D eigenvalue weighted by Crippen LogP contribution is -2.19. The van der Waals surface area contributed by atoms with E-state index >= 15 is 0 Å². The first kappa shape index (κ1) is 23.4. The van der Waals surface area contributed by atoms with E-state index in [1.807, 2.05) is 12.1 Å². The first-order chi connectivity index (χ1) is 15.7. The summed E-state index contributed by atoms with van der Waals surface area (Å²) in [7, 11) is 2.15. The molecule has 4 nitrogen and oxygen atoms in total. The molecule has 0 aliphatic heterocycles. The summed E-state index contributed by atoms with van der Waals surface area (Å²) in [6.45, 7) is 1.74. The van der Waals surface area contributed by atoms with Crippen molar-refractivity contribution in [2.75, 3.05) is 39.3 Å². The topological polar surface area (TPSA) is 37.4 Å². The molecule has 166 valence electrons. The van der Waals surface area contributed by atoms with Gasteiger partial charge in [0, 0.05) is 56.7 Å². The highest BCUT2D eigenvalue weighted by molar-refractivity contribution is 14.1. The average Bonchev–Trinajstić information content (AvgIpc) is 2.82. The molecule has 0 saturated heterocycles. The molecule has 0 fully saturated rings. The van der Waals surface area contributed by atoms with Gasteiger partial charge >= 0.3 is 0 Å². The van der Waals surface area contributed by atoms with Gasteiger partial charge in [0.25, 0.3) is 0 Å². The highest BCUT2D eigenvalue weighted by Crippen LogP contribution is 2.35. The van der Waals surface area contributed by atoms with E-state index in [-0.39, 0.29) is 0 Å². The molecule has 0 spiro atoms. The lowest BCUT2D eigenvalue weighted by Gasteiger charge is -2.22. The van der Waals surface area contributed by atoms with Gasteiger partial charge in [0.1, 0.15) is 5.75 Å². The van der Waals surface area contributed by atoms with Crippen LogP contribution < -0.4 is 15.0 Å². The Balaban J connectivity index is 1.77. The van der Waals surface area contributed by atoms with Crippen LogP contribution >= 0.6 is 45.2 Å². The van der Waals surface area contributed by atoms with E-state index < -0.39 is 0 Å². The molecule has 0 aliphatic carbocycles. The van der Waals surface area contributed by atoms with Gasteiger partial charge in [-0.15, -0.1) is 0 Å². The second-order valence-corrected chi connectivity index (χ2v) is 9.87. The molecule has 3 aromatic carbocycles. The van der Waals surface area contributed by atoms with Crippen LogP contribution in [0.2, 0.25) is 0 Å². The molecule has 1 aromatic heterocycles. The smallest absolute Gasteiger partial charge is 0.123 e. The van der Waals surface area contributed by atoms with Crippen molar-refractivity contribution >= 4 is 84.0 Å². The number of pyridine rings is 1. The minimum absolute atomic E-state index is 0.727. The number of aromatic nitrogens is 1. The van der Waals surface area contributed by atoms with Crippen molar-refractivity contribution in [3.05, 3.63) is 66.7 Å². The first-order valence-corrected chi connectivity index (χ1v) is 13.9. The van der Waals surface area contributed by atoms with Crippen LogP contribution in [-0.4, -0.2) is 34.0 Å². The SMILES string of the molecule is CN(CCCI)c1cc(Nc2c3ccccc3nc3ccccc23)cc(OCCCI)c1. The van der Waals surface area contributed by atoms with Crippen LogP contribution in [0.3, 0.4) is 0 Å². The summed E-state index contributed by atoms with van der Waals surface area (Å²) >= 11 is 4.83. The molecule has 0 atom stereocenters. The molecule has 0 radical (unpaired) electrons. The van der Waals surface area contributed by atoms with Crippen LogP contribution in [-0.2, 0) is 0 Å². The third kappa shape index (κ3) is 5.57. The van der Waals surface area contributed by atoms with Crippen molar-refractivity contribution in [2.24, 2.45) is 0 Å². The maximum atomic E-state index is 6.11. The van der Waals surface area contributed by atoms with Crippen molar-refractivity contribution < 1.29 is 4.74 Å². The monoisotopic (exact) mass is 651 g/mol. The average molecular weight is 651 g/mol. The van der Waals surface area contributed by atoms with E-state index in [1.165, 1.54) is 0 Å². The van der Waals surface area contributed by atoms with Gasteiger partial charge in [-0.2, -0.15) is 0 Å².